The Kier molecular flexibility index (Phi) is 6.71. The second-order valence-corrected chi connectivity index (χ2v) is 4.61. The fourth-order valence-electron chi connectivity index (χ4n) is 1.92. The number of phenolic OH excluding ortho intramolecular Hbond substituents is 1. The maximum absolute atomic E-state index is 9.78. The maximum Gasteiger partial charge on any atom is 0.120 e. The van der Waals surface area contributed by atoms with Crippen LogP contribution in [-0.2, 0) is 6.54 Å². The van der Waals surface area contributed by atoms with Crippen molar-refractivity contribution in [1.82, 2.24) is 4.90 Å². The molecule has 0 unspecified atom stereocenters. The summed E-state index contributed by atoms with van der Waals surface area (Å²) < 4.78 is 0. The van der Waals surface area contributed by atoms with Gasteiger partial charge in [0.25, 0.3) is 0 Å². The van der Waals surface area contributed by atoms with Crippen LogP contribution < -0.4 is 0 Å². The molecule has 0 saturated heterocycles. The van der Waals surface area contributed by atoms with Gasteiger partial charge in [0.1, 0.15) is 5.75 Å². The molecule has 0 fully saturated rings. The van der Waals surface area contributed by atoms with Crippen LogP contribution in [-0.4, -0.2) is 23.1 Å². The summed E-state index contributed by atoms with van der Waals surface area (Å²) in [5, 5.41) is 9.78. The minimum absolute atomic E-state index is 0.422. The molecule has 1 N–H and O–H groups in total. The van der Waals surface area contributed by atoms with E-state index in [4.69, 9.17) is 0 Å². The molecule has 0 aliphatic heterocycles. The monoisotopic (exact) mass is 235 g/mol. The largest absolute Gasteiger partial charge is 0.508 e. The molecule has 1 aromatic rings. The van der Waals surface area contributed by atoms with E-state index in [9.17, 15) is 5.11 Å². The predicted molar refractivity (Wildman–Crippen MR) is 73.2 cm³/mol. The van der Waals surface area contributed by atoms with E-state index in [0.29, 0.717) is 5.75 Å². The molecular weight excluding hydrogens is 210 g/mol. The van der Waals surface area contributed by atoms with E-state index in [0.717, 1.165) is 25.2 Å². The van der Waals surface area contributed by atoms with E-state index in [-0.39, 0.29) is 0 Å². The van der Waals surface area contributed by atoms with Gasteiger partial charge >= 0.3 is 0 Å². The van der Waals surface area contributed by atoms with Crippen molar-refractivity contribution in [2.24, 2.45) is 0 Å². The van der Waals surface area contributed by atoms with Gasteiger partial charge < -0.3 is 5.11 Å². The Hall–Kier alpha value is -1.02. The summed E-state index contributed by atoms with van der Waals surface area (Å²) in [7, 11) is 0. The highest BCUT2D eigenvalue weighted by atomic mass is 16.3. The van der Waals surface area contributed by atoms with Crippen LogP contribution in [0, 0.1) is 0 Å². The van der Waals surface area contributed by atoms with E-state index < -0.39 is 0 Å². The van der Waals surface area contributed by atoms with Crippen LogP contribution in [0.3, 0.4) is 0 Å². The lowest BCUT2D eigenvalue weighted by molar-refractivity contribution is 0.254. The molecule has 0 saturated carbocycles. The number of aromatic hydroxyl groups is 1. The predicted octanol–water partition coefficient (Wildman–Crippen LogP) is 3.79. The molecule has 0 aliphatic carbocycles. The first-order chi connectivity index (χ1) is 8.27. The molecule has 96 valence electrons. The fourth-order valence-corrected chi connectivity index (χ4v) is 1.92. The van der Waals surface area contributed by atoms with Crippen LogP contribution in [0.1, 0.15) is 45.1 Å². The van der Waals surface area contributed by atoms with Crippen LogP contribution in [0.5, 0.6) is 5.75 Å². The molecule has 1 rings (SSSR count). The fraction of sp³-hybridized carbons (Fsp3) is 0.600. The molecule has 0 atom stereocenters. The number of para-hydroxylation sites is 1. The zero-order valence-electron chi connectivity index (χ0n) is 11.2. The molecule has 0 aliphatic rings. The number of hydrogen-bond donors (Lipinski definition) is 1. The SMILES string of the molecule is CCCCN(CCCC)Cc1ccccc1O. The molecule has 0 spiro atoms. The molecular formula is C15H25NO. The van der Waals surface area contributed by atoms with Crippen LogP contribution in [0.2, 0.25) is 0 Å². The lowest BCUT2D eigenvalue weighted by Crippen LogP contribution is -2.25. The second-order valence-electron chi connectivity index (χ2n) is 4.61. The quantitative estimate of drug-likeness (QED) is 0.741. The Balaban J connectivity index is 2.55. The van der Waals surface area contributed by atoms with Gasteiger partial charge in [0.05, 0.1) is 0 Å². The van der Waals surface area contributed by atoms with Crippen LogP contribution in [0.25, 0.3) is 0 Å². The average molecular weight is 235 g/mol. The Bertz CT molecular complexity index is 304. The molecule has 2 heteroatoms. The smallest absolute Gasteiger partial charge is 0.120 e. The number of unbranched alkanes of at least 4 members (excludes halogenated alkanes) is 2. The highest BCUT2D eigenvalue weighted by Crippen LogP contribution is 2.18. The second kappa shape index (κ2) is 8.13. The first-order valence-corrected chi connectivity index (χ1v) is 6.77. The highest BCUT2D eigenvalue weighted by Gasteiger charge is 2.07. The normalized spacial score (nSPS) is 11.0. The van der Waals surface area contributed by atoms with E-state index in [2.05, 4.69) is 18.7 Å². The van der Waals surface area contributed by atoms with Crippen molar-refractivity contribution < 1.29 is 5.11 Å². The van der Waals surface area contributed by atoms with Crippen molar-refractivity contribution >= 4 is 0 Å². The van der Waals surface area contributed by atoms with Crippen molar-refractivity contribution in [1.29, 1.82) is 0 Å². The first kappa shape index (κ1) is 14.0. The van der Waals surface area contributed by atoms with E-state index in [1.165, 1.54) is 25.7 Å². The van der Waals surface area contributed by atoms with Gasteiger partial charge in [0.15, 0.2) is 0 Å². The van der Waals surface area contributed by atoms with Crippen LogP contribution >= 0.6 is 0 Å². The summed E-state index contributed by atoms with van der Waals surface area (Å²) in [5.74, 6) is 0.422. The van der Waals surface area contributed by atoms with Crippen molar-refractivity contribution in [2.75, 3.05) is 13.1 Å². The Morgan fingerprint density at radius 1 is 1.00 bits per heavy atom. The van der Waals surface area contributed by atoms with E-state index >= 15 is 0 Å². The number of hydrogen-bond acceptors (Lipinski definition) is 2. The summed E-state index contributed by atoms with van der Waals surface area (Å²) in [6.07, 6.45) is 4.92. The van der Waals surface area contributed by atoms with Crippen molar-refractivity contribution in [3.8, 4) is 5.75 Å². The number of nitrogens with zero attached hydrogens (tertiary/aromatic N) is 1. The van der Waals surface area contributed by atoms with Crippen LogP contribution in [0.15, 0.2) is 24.3 Å². The molecule has 0 amide bonds. The molecule has 0 bridgehead atoms. The van der Waals surface area contributed by atoms with Gasteiger partial charge in [-0.25, -0.2) is 0 Å². The van der Waals surface area contributed by atoms with Crippen molar-refractivity contribution in [2.45, 2.75) is 46.1 Å². The summed E-state index contributed by atoms with van der Waals surface area (Å²) in [6.45, 7) is 7.57. The molecule has 0 aromatic heterocycles. The third-order valence-corrected chi connectivity index (χ3v) is 3.04. The maximum atomic E-state index is 9.78. The van der Waals surface area contributed by atoms with Gasteiger partial charge in [-0.3, -0.25) is 4.90 Å². The minimum Gasteiger partial charge on any atom is -0.508 e. The van der Waals surface area contributed by atoms with Crippen molar-refractivity contribution in [3.05, 3.63) is 29.8 Å². The number of phenols is 1. The van der Waals surface area contributed by atoms with Gasteiger partial charge in [-0.2, -0.15) is 0 Å². The first-order valence-electron chi connectivity index (χ1n) is 6.77. The topological polar surface area (TPSA) is 23.5 Å². The highest BCUT2D eigenvalue weighted by molar-refractivity contribution is 5.31. The Labute approximate surface area is 105 Å². The van der Waals surface area contributed by atoms with Gasteiger partial charge in [0, 0.05) is 12.1 Å². The summed E-state index contributed by atoms with van der Waals surface area (Å²) in [4.78, 5) is 2.45. The lowest BCUT2D eigenvalue weighted by atomic mass is 10.1. The Morgan fingerprint density at radius 2 is 1.59 bits per heavy atom. The van der Waals surface area contributed by atoms with Gasteiger partial charge in [-0.1, -0.05) is 44.9 Å². The zero-order chi connectivity index (χ0) is 12.5. The summed E-state index contributed by atoms with van der Waals surface area (Å²) in [6, 6.07) is 7.65. The van der Waals surface area contributed by atoms with Crippen LogP contribution in [0.4, 0.5) is 0 Å². The molecule has 17 heavy (non-hydrogen) atoms. The van der Waals surface area contributed by atoms with E-state index in [1.54, 1.807) is 6.07 Å². The van der Waals surface area contributed by atoms with Gasteiger partial charge in [0.2, 0.25) is 0 Å². The molecule has 1 aromatic carbocycles. The summed E-state index contributed by atoms with van der Waals surface area (Å²) >= 11 is 0. The zero-order valence-corrected chi connectivity index (χ0v) is 11.2. The third kappa shape index (κ3) is 5.22. The van der Waals surface area contributed by atoms with Gasteiger partial charge in [-0.05, 0) is 32.0 Å². The van der Waals surface area contributed by atoms with Crippen molar-refractivity contribution in [3.63, 3.8) is 0 Å². The average Bonchev–Trinajstić information content (AvgIpc) is 2.35. The third-order valence-electron chi connectivity index (χ3n) is 3.04. The summed E-state index contributed by atoms with van der Waals surface area (Å²) in [5.41, 5.74) is 1.04. The number of rotatable bonds is 8. The molecule has 0 radical (unpaired) electrons. The standard InChI is InChI=1S/C15H25NO/c1-3-5-11-16(12-6-4-2)13-14-9-7-8-10-15(14)17/h7-10,17H,3-6,11-13H2,1-2H3. The minimum atomic E-state index is 0.422. The van der Waals surface area contributed by atoms with Gasteiger partial charge in [-0.15, -0.1) is 0 Å². The Morgan fingerprint density at radius 3 is 2.12 bits per heavy atom. The van der Waals surface area contributed by atoms with E-state index in [1.807, 2.05) is 18.2 Å². The molecule has 2 nitrogen and oxygen atoms in total. The lowest BCUT2D eigenvalue weighted by Gasteiger charge is -2.22. The number of benzene rings is 1. The molecule has 0 heterocycles.